The van der Waals surface area contributed by atoms with E-state index < -0.39 is 0 Å². The summed E-state index contributed by atoms with van der Waals surface area (Å²) in [5.74, 6) is 2.33. The van der Waals surface area contributed by atoms with Crippen LogP contribution in [0.2, 0.25) is 5.02 Å². The lowest BCUT2D eigenvalue weighted by atomic mass is 10.1. The third-order valence-corrected chi connectivity index (χ3v) is 5.12. The second-order valence-electron chi connectivity index (χ2n) is 6.60. The van der Waals surface area contributed by atoms with Crippen molar-refractivity contribution < 1.29 is 9.26 Å². The Bertz CT molecular complexity index is 877. The van der Waals surface area contributed by atoms with E-state index >= 15 is 0 Å². The molecule has 0 radical (unpaired) electrons. The molecule has 2 heterocycles. The molecule has 0 aliphatic carbocycles. The summed E-state index contributed by atoms with van der Waals surface area (Å²) in [5.41, 5.74) is 2.08. The van der Waals surface area contributed by atoms with E-state index in [1.165, 1.54) is 5.69 Å². The first-order chi connectivity index (χ1) is 12.6. The van der Waals surface area contributed by atoms with Crippen LogP contribution in [0.25, 0.3) is 11.4 Å². The molecule has 4 rings (SSSR count). The fourth-order valence-electron chi connectivity index (χ4n) is 3.46. The van der Waals surface area contributed by atoms with Crippen molar-refractivity contribution >= 4 is 17.3 Å². The molecule has 6 heteroatoms. The third-order valence-electron chi connectivity index (χ3n) is 4.87. The molecule has 1 fully saturated rings. The minimum absolute atomic E-state index is 0.222. The molecule has 1 aliphatic rings. The van der Waals surface area contributed by atoms with E-state index in [0.717, 1.165) is 29.3 Å². The number of hydrogen-bond acceptors (Lipinski definition) is 5. The smallest absolute Gasteiger partial charge is 0.231 e. The van der Waals surface area contributed by atoms with Gasteiger partial charge < -0.3 is 14.2 Å². The molecule has 0 amide bonds. The van der Waals surface area contributed by atoms with Crippen molar-refractivity contribution in [3.05, 3.63) is 59.4 Å². The molecule has 1 aliphatic heterocycles. The predicted molar refractivity (Wildman–Crippen MR) is 102 cm³/mol. The highest BCUT2D eigenvalue weighted by Crippen LogP contribution is 2.35. The lowest BCUT2D eigenvalue weighted by molar-refractivity contribution is 0.358. The van der Waals surface area contributed by atoms with Crippen LogP contribution < -0.4 is 9.64 Å². The van der Waals surface area contributed by atoms with Gasteiger partial charge in [-0.15, -0.1) is 0 Å². The van der Waals surface area contributed by atoms with E-state index in [4.69, 9.17) is 20.9 Å². The van der Waals surface area contributed by atoms with Crippen molar-refractivity contribution in [3.8, 4) is 17.1 Å². The van der Waals surface area contributed by atoms with Gasteiger partial charge in [-0.25, -0.2) is 0 Å². The molecule has 0 bridgehead atoms. The Kier molecular flexibility index (Phi) is 4.55. The molecule has 0 spiro atoms. The zero-order valence-corrected chi connectivity index (χ0v) is 15.5. The molecule has 5 nitrogen and oxygen atoms in total. The molecule has 1 saturated heterocycles. The number of rotatable bonds is 4. The van der Waals surface area contributed by atoms with Crippen molar-refractivity contribution in [1.82, 2.24) is 10.1 Å². The fraction of sp³-hybridized carbons (Fsp3) is 0.300. The van der Waals surface area contributed by atoms with E-state index in [0.29, 0.717) is 17.8 Å². The number of methoxy groups -OCH3 is 1. The Hall–Kier alpha value is -2.53. The summed E-state index contributed by atoms with van der Waals surface area (Å²) in [6.07, 6.45) is 0.979. The molecule has 3 aromatic rings. The molecule has 2 atom stereocenters. The van der Waals surface area contributed by atoms with Crippen molar-refractivity contribution in [2.45, 2.75) is 25.3 Å². The number of aromatic nitrogens is 2. The van der Waals surface area contributed by atoms with Gasteiger partial charge in [0.1, 0.15) is 5.75 Å². The number of benzene rings is 2. The van der Waals surface area contributed by atoms with Gasteiger partial charge in [0.2, 0.25) is 11.7 Å². The van der Waals surface area contributed by atoms with Gasteiger partial charge in [-0.3, -0.25) is 0 Å². The first-order valence-electron chi connectivity index (χ1n) is 8.64. The van der Waals surface area contributed by atoms with Gasteiger partial charge in [-0.2, -0.15) is 4.98 Å². The SMILES string of the molecule is COc1ccc(-c2noc(C3CC(C)N(c4ccc(Cl)cc4)C3)n2)cc1. The zero-order chi connectivity index (χ0) is 18.1. The summed E-state index contributed by atoms with van der Waals surface area (Å²) in [6, 6.07) is 16.0. The van der Waals surface area contributed by atoms with Crippen LogP contribution in [0.1, 0.15) is 25.2 Å². The summed E-state index contributed by atoms with van der Waals surface area (Å²) in [7, 11) is 1.65. The Labute approximate surface area is 157 Å². The first-order valence-corrected chi connectivity index (χ1v) is 9.02. The van der Waals surface area contributed by atoms with Gasteiger partial charge in [-0.1, -0.05) is 16.8 Å². The van der Waals surface area contributed by atoms with Gasteiger partial charge >= 0.3 is 0 Å². The van der Waals surface area contributed by atoms with Gasteiger partial charge in [0.05, 0.1) is 13.0 Å². The van der Waals surface area contributed by atoms with E-state index in [1.807, 2.05) is 36.4 Å². The Balaban J connectivity index is 1.51. The molecule has 2 unspecified atom stereocenters. The van der Waals surface area contributed by atoms with Crippen molar-refractivity contribution in [2.24, 2.45) is 0 Å². The minimum atomic E-state index is 0.222. The molecular formula is C20H20ClN3O2. The van der Waals surface area contributed by atoms with Crippen LogP contribution in [0.4, 0.5) is 5.69 Å². The third kappa shape index (κ3) is 3.27. The summed E-state index contributed by atoms with van der Waals surface area (Å²) >= 11 is 6.00. The predicted octanol–water partition coefficient (Wildman–Crippen LogP) is 4.78. The second kappa shape index (κ2) is 7.00. The van der Waals surface area contributed by atoms with Gasteiger partial charge in [0.25, 0.3) is 0 Å². The summed E-state index contributed by atoms with van der Waals surface area (Å²) in [4.78, 5) is 6.99. The average molecular weight is 370 g/mol. The lowest BCUT2D eigenvalue weighted by Crippen LogP contribution is -2.26. The molecular weight excluding hydrogens is 350 g/mol. The molecule has 2 aromatic carbocycles. The maximum absolute atomic E-state index is 6.00. The van der Waals surface area contributed by atoms with Crippen LogP contribution >= 0.6 is 11.6 Å². The zero-order valence-electron chi connectivity index (χ0n) is 14.7. The van der Waals surface area contributed by atoms with Crippen molar-refractivity contribution in [2.75, 3.05) is 18.6 Å². The van der Waals surface area contributed by atoms with Crippen molar-refractivity contribution in [1.29, 1.82) is 0 Å². The highest BCUT2D eigenvalue weighted by molar-refractivity contribution is 6.30. The van der Waals surface area contributed by atoms with Crippen molar-refractivity contribution in [3.63, 3.8) is 0 Å². The van der Waals surface area contributed by atoms with Crippen LogP contribution in [-0.2, 0) is 0 Å². The summed E-state index contributed by atoms with van der Waals surface area (Å²) in [6.45, 7) is 3.07. The maximum Gasteiger partial charge on any atom is 0.231 e. The molecule has 0 saturated carbocycles. The average Bonchev–Trinajstić information content (AvgIpc) is 3.29. The van der Waals surface area contributed by atoms with E-state index in [-0.39, 0.29) is 5.92 Å². The normalized spacial score (nSPS) is 19.7. The molecule has 134 valence electrons. The molecule has 0 N–H and O–H groups in total. The largest absolute Gasteiger partial charge is 0.497 e. The topological polar surface area (TPSA) is 51.4 Å². The second-order valence-corrected chi connectivity index (χ2v) is 7.03. The van der Waals surface area contributed by atoms with Crippen LogP contribution in [0.15, 0.2) is 53.1 Å². The van der Waals surface area contributed by atoms with Gasteiger partial charge in [0.15, 0.2) is 0 Å². The number of anilines is 1. The first kappa shape index (κ1) is 16.9. The molecule has 26 heavy (non-hydrogen) atoms. The Morgan fingerprint density at radius 2 is 1.85 bits per heavy atom. The van der Waals surface area contributed by atoms with Crippen LogP contribution in [0.5, 0.6) is 5.75 Å². The van der Waals surface area contributed by atoms with Gasteiger partial charge in [-0.05, 0) is 61.9 Å². The lowest BCUT2D eigenvalue weighted by Gasteiger charge is -2.23. The van der Waals surface area contributed by atoms with Gasteiger partial charge in [0, 0.05) is 28.9 Å². The highest BCUT2D eigenvalue weighted by Gasteiger charge is 2.33. The quantitative estimate of drug-likeness (QED) is 0.662. The number of hydrogen-bond donors (Lipinski definition) is 0. The summed E-state index contributed by atoms with van der Waals surface area (Å²) in [5, 5.41) is 4.91. The monoisotopic (exact) mass is 369 g/mol. The van der Waals surface area contributed by atoms with Crippen LogP contribution in [0, 0.1) is 0 Å². The van der Waals surface area contributed by atoms with Crippen LogP contribution in [-0.4, -0.2) is 29.8 Å². The van der Waals surface area contributed by atoms with Crippen LogP contribution in [0.3, 0.4) is 0 Å². The number of ether oxygens (including phenoxy) is 1. The van der Waals surface area contributed by atoms with E-state index in [2.05, 4.69) is 34.1 Å². The maximum atomic E-state index is 6.00. The van der Waals surface area contributed by atoms with E-state index in [1.54, 1.807) is 7.11 Å². The number of halogens is 1. The standard InChI is InChI=1S/C20H20ClN3O2/c1-13-11-15(12-24(13)17-7-5-16(21)6-8-17)20-22-19(23-26-20)14-3-9-18(25-2)10-4-14/h3-10,13,15H,11-12H2,1-2H3. The molecule has 1 aromatic heterocycles. The Morgan fingerprint density at radius 3 is 2.54 bits per heavy atom. The Morgan fingerprint density at radius 1 is 1.12 bits per heavy atom. The highest BCUT2D eigenvalue weighted by atomic mass is 35.5. The minimum Gasteiger partial charge on any atom is -0.497 e. The summed E-state index contributed by atoms with van der Waals surface area (Å²) < 4.78 is 10.8. The fourth-order valence-corrected chi connectivity index (χ4v) is 3.59. The van der Waals surface area contributed by atoms with E-state index in [9.17, 15) is 0 Å². The number of nitrogens with zero attached hydrogens (tertiary/aromatic N) is 3.